The molecule has 1 atom stereocenters. The van der Waals surface area contributed by atoms with Crippen molar-refractivity contribution in [3.63, 3.8) is 0 Å². The Bertz CT molecular complexity index is 326. The fourth-order valence-electron chi connectivity index (χ4n) is 2.19. The summed E-state index contributed by atoms with van der Waals surface area (Å²) in [6.45, 7) is 8.77. The highest BCUT2D eigenvalue weighted by molar-refractivity contribution is 4.97. The summed E-state index contributed by atoms with van der Waals surface area (Å²) in [5.41, 5.74) is 0. The normalized spacial score (nSPS) is 18.0. The molecule has 1 heterocycles. The Morgan fingerprint density at radius 3 is 2.81 bits per heavy atom. The maximum atomic E-state index is 4.40. The predicted molar refractivity (Wildman–Crippen MR) is 66.5 cm³/mol. The van der Waals surface area contributed by atoms with Crippen LogP contribution in [0.3, 0.4) is 0 Å². The Morgan fingerprint density at radius 1 is 1.44 bits per heavy atom. The minimum absolute atomic E-state index is 0.510. The lowest BCUT2D eigenvalue weighted by molar-refractivity contribution is 0.468. The van der Waals surface area contributed by atoms with Crippen LogP contribution in [0.15, 0.2) is 12.4 Å². The molecule has 3 heteroatoms. The molecule has 1 aromatic rings. The highest BCUT2D eigenvalue weighted by Crippen LogP contribution is 2.32. The van der Waals surface area contributed by atoms with Gasteiger partial charge in [-0.2, -0.15) is 0 Å². The first-order chi connectivity index (χ1) is 7.68. The zero-order valence-electron chi connectivity index (χ0n) is 10.6. The summed E-state index contributed by atoms with van der Waals surface area (Å²) in [7, 11) is 0. The van der Waals surface area contributed by atoms with Crippen LogP contribution in [0.5, 0.6) is 0 Å². The monoisotopic (exact) mass is 221 g/mol. The van der Waals surface area contributed by atoms with Crippen LogP contribution < -0.4 is 5.32 Å². The van der Waals surface area contributed by atoms with E-state index in [0.717, 1.165) is 19.0 Å². The van der Waals surface area contributed by atoms with Crippen molar-refractivity contribution in [3.05, 3.63) is 18.2 Å². The molecule has 0 amide bonds. The third-order valence-electron chi connectivity index (χ3n) is 3.41. The highest BCUT2D eigenvalue weighted by atomic mass is 15.1. The van der Waals surface area contributed by atoms with E-state index in [1.165, 1.54) is 18.7 Å². The first-order valence-corrected chi connectivity index (χ1v) is 6.43. The van der Waals surface area contributed by atoms with Crippen molar-refractivity contribution in [1.29, 1.82) is 0 Å². The molecule has 2 rings (SSSR count). The van der Waals surface area contributed by atoms with Crippen molar-refractivity contribution < 1.29 is 0 Å². The molecule has 90 valence electrons. The number of imidazole rings is 1. The number of hydrogen-bond donors (Lipinski definition) is 1. The quantitative estimate of drug-likeness (QED) is 0.799. The van der Waals surface area contributed by atoms with Gasteiger partial charge in [0.1, 0.15) is 5.82 Å². The smallest absolute Gasteiger partial charge is 0.111 e. The number of nitrogens with one attached hydrogen (secondary N) is 1. The van der Waals surface area contributed by atoms with Gasteiger partial charge < -0.3 is 9.88 Å². The fraction of sp³-hybridized carbons (Fsp3) is 0.769. The van der Waals surface area contributed by atoms with Crippen LogP contribution in [0, 0.1) is 5.92 Å². The molecule has 0 saturated heterocycles. The maximum Gasteiger partial charge on any atom is 0.111 e. The van der Waals surface area contributed by atoms with Crippen molar-refractivity contribution in [1.82, 2.24) is 14.9 Å². The van der Waals surface area contributed by atoms with E-state index in [9.17, 15) is 0 Å². The molecule has 1 fully saturated rings. The van der Waals surface area contributed by atoms with Crippen molar-refractivity contribution in [2.75, 3.05) is 6.54 Å². The molecule has 0 radical (unpaired) electrons. The lowest BCUT2D eigenvalue weighted by atomic mass is 10.2. The molecule has 0 bridgehead atoms. The van der Waals surface area contributed by atoms with Crippen LogP contribution in [-0.4, -0.2) is 22.1 Å². The fourth-order valence-corrected chi connectivity index (χ4v) is 2.19. The minimum atomic E-state index is 0.510. The van der Waals surface area contributed by atoms with Gasteiger partial charge in [0.25, 0.3) is 0 Å². The van der Waals surface area contributed by atoms with Gasteiger partial charge in [-0.05, 0) is 25.7 Å². The molecule has 1 N–H and O–H groups in total. The van der Waals surface area contributed by atoms with Gasteiger partial charge in [-0.1, -0.05) is 13.8 Å². The van der Waals surface area contributed by atoms with Crippen LogP contribution in [0.25, 0.3) is 0 Å². The predicted octanol–water partition coefficient (Wildman–Crippen LogP) is 2.39. The van der Waals surface area contributed by atoms with Crippen molar-refractivity contribution in [2.45, 2.75) is 52.1 Å². The van der Waals surface area contributed by atoms with E-state index in [4.69, 9.17) is 0 Å². The third kappa shape index (κ3) is 2.85. The van der Waals surface area contributed by atoms with E-state index >= 15 is 0 Å². The summed E-state index contributed by atoms with van der Waals surface area (Å²) in [4.78, 5) is 4.40. The second-order valence-electron chi connectivity index (χ2n) is 5.21. The third-order valence-corrected chi connectivity index (χ3v) is 3.41. The van der Waals surface area contributed by atoms with Gasteiger partial charge >= 0.3 is 0 Å². The van der Waals surface area contributed by atoms with Crippen molar-refractivity contribution in [3.8, 4) is 0 Å². The molecular weight excluding hydrogens is 198 g/mol. The van der Waals surface area contributed by atoms with Gasteiger partial charge in [0, 0.05) is 37.4 Å². The van der Waals surface area contributed by atoms with E-state index in [2.05, 4.69) is 41.8 Å². The molecule has 1 aliphatic rings. The van der Waals surface area contributed by atoms with Gasteiger partial charge in [0.2, 0.25) is 0 Å². The molecule has 1 saturated carbocycles. The lowest BCUT2D eigenvalue weighted by Crippen LogP contribution is -2.31. The molecule has 1 unspecified atom stereocenters. The molecule has 16 heavy (non-hydrogen) atoms. The molecule has 1 aliphatic carbocycles. The van der Waals surface area contributed by atoms with E-state index in [0.29, 0.717) is 12.0 Å². The van der Waals surface area contributed by atoms with E-state index in [1.807, 2.05) is 6.20 Å². The maximum absolute atomic E-state index is 4.40. The van der Waals surface area contributed by atoms with Crippen LogP contribution in [-0.2, 0) is 6.54 Å². The van der Waals surface area contributed by atoms with Gasteiger partial charge in [0.15, 0.2) is 0 Å². The number of hydrogen-bond acceptors (Lipinski definition) is 2. The first-order valence-electron chi connectivity index (χ1n) is 6.43. The van der Waals surface area contributed by atoms with E-state index < -0.39 is 0 Å². The average Bonchev–Trinajstić information content (AvgIpc) is 2.98. The van der Waals surface area contributed by atoms with Gasteiger partial charge in [-0.3, -0.25) is 0 Å². The average molecular weight is 221 g/mol. The standard InChI is InChI=1S/C13H23N3/c1-10(2)13-15-7-9-16(13)8-6-14-11(3)12-4-5-12/h7,9-12,14H,4-6,8H2,1-3H3. The Morgan fingerprint density at radius 2 is 2.19 bits per heavy atom. The molecule has 0 aromatic carbocycles. The van der Waals surface area contributed by atoms with E-state index in [1.54, 1.807) is 0 Å². The second-order valence-corrected chi connectivity index (χ2v) is 5.21. The lowest BCUT2D eigenvalue weighted by Gasteiger charge is -2.14. The molecule has 3 nitrogen and oxygen atoms in total. The zero-order chi connectivity index (χ0) is 11.5. The van der Waals surface area contributed by atoms with Crippen LogP contribution >= 0.6 is 0 Å². The topological polar surface area (TPSA) is 29.9 Å². The van der Waals surface area contributed by atoms with Gasteiger partial charge in [-0.25, -0.2) is 4.98 Å². The highest BCUT2D eigenvalue weighted by Gasteiger charge is 2.27. The SMILES string of the molecule is CC(C)c1nccn1CCNC(C)C1CC1. The Kier molecular flexibility index (Phi) is 3.64. The second kappa shape index (κ2) is 5.00. The molecule has 0 spiro atoms. The molecular formula is C13H23N3. The van der Waals surface area contributed by atoms with Crippen LogP contribution in [0.1, 0.15) is 45.4 Å². The van der Waals surface area contributed by atoms with E-state index in [-0.39, 0.29) is 0 Å². The van der Waals surface area contributed by atoms with Crippen molar-refractivity contribution >= 4 is 0 Å². The summed E-state index contributed by atoms with van der Waals surface area (Å²) >= 11 is 0. The van der Waals surface area contributed by atoms with Gasteiger partial charge in [0.05, 0.1) is 0 Å². The number of rotatable bonds is 6. The summed E-state index contributed by atoms with van der Waals surface area (Å²) in [6, 6.07) is 0.686. The van der Waals surface area contributed by atoms with Crippen molar-refractivity contribution in [2.24, 2.45) is 5.92 Å². The van der Waals surface area contributed by atoms with Crippen LogP contribution in [0.4, 0.5) is 0 Å². The Hall–Kier alpha value is -0.830. The van der Waals surface area contributed by atoms with Gasteiger partial charge in [-0.15, -0.1) is 0 Å². The minimum Gasteiger partial charge on any atom is -0.333 e. The molecule has 0 aliphatic heterocycles. The Balaban J connectivity index is 1.77. The number of nitrogens with zero attached hydrogens (tertiary/aromatic N) is 2. The molecule has 1 aromatic heterocycles. The zero-order valence-corrected chi connectivity index (χ0v) is 10.6. The summed E-state index contributed by atoms with van der Waals surface area (Å²) in [6.07, 6.45) is 6.81. The Labute approximate surface area is 98.3 Å². The van der Waals surface area contributed by atoms with Crippen LogP contribution in [0.2, 0.25) is 0 Å². The first kappa shape index (κ1) is 11.6. The summed E-state index contributed by atoms with van der Waals surface area (Å²) < 4.78 is 2.26. The summed E-state index contributed by atoms with van der Waals surface area (Å²) in [5.74, 6) is 2.64. The summed E-state index contributed by atoms with van der Waals surface area (Å²) in [5, 5.41) is 3.60. The number of aromatic nitrogens is 2. The largest absolute Gasteiger partial charge is 0.333 e.